The summed E-state index contributed by atoms with van der Waals surface area (Å²) in [6.45, 7) is 0.521. The Bertz CT molecular complexity index is 1060. The van der Waals surface area contributed by atoms with Crippen LogP contribution in [0.15, 0.2) is 72.8 Å². The van der Waals surface area contributed by atoms with E-state index in [1.165, 1.54) is 0 Å². The van der Waals surface area contributed by atoms with E-state index in [1.807, 2.05) is 54.6 Å². The Balaban J connectivity index is 1.70. The topological polar surface area (TPSA) is 35.5 Å². The summed E-state index contributed by atoms with van der Waals surface area (Å²) in [6.07, 6.45) is 0. The quantitative estimate of drug-likeness (QED) is 0.480. The lowest BCUT2D eigenvalue weighted by atomic mass is 9.93. The minimum absolute atomic E-state index is 0.260. The molecule has 0 aliphatic carbocycles. The number of carbonyl (C=O) groups excluding carboxylic acids is 1. The molecule has 3 aromatic rings. The molecule has 3 aromatic carbocycles. The maximum atomic E-state index is 12.5. The summed E-state index contributed by atoms with van der Waals surface area (Å²) < 4.78 is 11.2. The van der Waals surface area contributed by atoms with Crippen LogP contribution in [0.3, 0.4) is 0 Å². The second kappa shape index (κ2) is 8.09. The number of hydrogen-bond acceptors (Lipinski definition) is 3. The van der Waals surface area contributed by atoms with E-state index in [0.29, 0.717) is 21.4 Å². The molecule has 0 amide bonds. The van der Waals surface area contributed by atoms with Crippen LogP contribution in [-0.2, 0) is 16.1 Å². The lowest BCUT2D eigenvalue weighted by Gasteiger charge is -2.13. The molecule has 5 heteroatoms. The molecule has 0 saturated heterocycles. The van der Waals surface area contributed by atoms with Gasteiger partial charge >= 0.3 is 5.97 Å². The first kappa shape index (κ1) is 18.6. The van der Waals surface area contributed by atoms with Crippen LogP contribution in [0.4, 0.5) is 0 Å². The predicted molar refractivity (Wildman–Crippen MR) is 111 cm³/mol. The number of carbonyl (C=O) groups is 1. The minimum atomic E-state index is -0.323. The molecule has 0 unspecified atom stereocenters. The highest BCUT2D eigenvalue weighted by atomic mass is 35.5. The summed E-state index contributed by atoms with van der Waals surface area (Å²) in [5.74, 6) is 0.211. The Kier molecular flexibility index (Phi) is 5.38. The van der Waals surface area contributed by atoms with Crippen LogP contribution in [0, 0.1) is 0 Å². The Morgan fingerprint density at radius 3 is 2.46 bits per heavy atom. The van der Waals surface area contributed by atoms with Gasteiger partial charge in [-0.15, -0.1) is 0 Å². The van der Waals surface area contributed by atoms with Crippen LogP contribution >= 0.6 is 23.2 Å². The number of benzene rings is 3. The van der Waals surface area contributed by atoms with Crippen molar-refractivity contribution < 1.29 is 14.3 Å². The Labute approximate surface area is 173 Å². The highest BCUT2D eigenvalue weighted by Crippen LogP contribution is 2.35. The number of ether oxygens (including phenoxy) is 2. The van der Waals surface area contributed by atoms with Crippen LogP contribution in [0.2, 0.25) is 10.0 Å². The van der Waals surface area contributed by atoms with Crippen LogP contribution in [-0.4, -0.2) is 12.6 Å². The molecule has 1 heterocycles. The minimum Gasteiger partial charge on any atom is -0.487 e. The Hall–Kier alpha value is -2.75. The average molecular weight is 411 g/mol. The molecular weight excluding hydrogens is 395 g/mol. The molecule has 28 heavy (non-hydrogen) atoms. The fourth-order valence-corrected chi connectivity index (χ4v) is 3.65. The molecule has 4 rings (SSSR count). The zero-order valence-electron chi connectivity index (χ0n) is 14.8. The third-order valence-electron chi connectivity index (χ3n) is 4.54. The SMILES string of the molecule is O=C1OCC(c2ccccc2)=C1c1ccccc1COc1ccc(Cl)cc1Cl. The second-order valence-corrected chi connectivity index (χ2v) is 7.16. The first-order chi connectivity index (χ1) is 13.6. The molecule has 0 bridgehead atoms. The molecule has 1 aliphatic heterocycles. The van der Waals surface area contributed by atoms with Crippen molar-refractivity contribution in [1.82, 2.24) is 0 Å². The zero-order valence-corrected chi connectivity index (χ0v) is 16.3. The van der Waals surface area contributed by atoms with Gasteiger partial charge in [0, 0.05) is 10.6 Å². The third kappa shape index (κ3) is 3.77. The van der Waals surface area contributed by atoms with E-state index >= 15 is 0 Å². The Morgan fingerprint density at radius 2 is 1.68 bits per heavy atom. The van der Waals surface area contributed by atoms with Crippen molar-refractivity contribution in [2.75, 3.05) is 6.61 Å². The van der Waals surface area contributed by atoms with E-state index in [-0.39, 0.29) is 19.2 Å². The average Bonchev–Trinajstić information content (AvgIpc) is 3.09. The molecule has 0 spiro atoms. The molecular formula is C23H16Cl2O3. The number of hydrogen-bond donors (Lipinski definition) is 0. The standard InChI is InChI=1S/C23H16Cl2O3/c24-17-10-11-21(20(25)12-17)27-13-16-8-4-5-9-18(16)22-19(14-28-23(22)26)15-6-2-1-3-7-15/h1-12H,13-14H2. The molecule has 0 saturated carbocycles. The van der Waals surface area contributed by atoms with Crippen molar-refractivity contribution in [1.29, 1.82) is 0 Å². The highest BCUT2D eigenvalue weighted by Gasteiger charge is 2.28. The maximum Gasteiger partial charge on any atom is 0.339 e. The zero-order chi connectivity index (χ0) is 19.5. The summed E-state index contributed by atoms with van der Waals surface area (Å²) in [6, 6.07) is 22.5. The summed E-state index contributed by atoms with van der Waals surface area (Å²) >= 11 is 12.1. The second-order valence-electron chi connectivity index (χ2n) is 6.32. The monoisotopic (exact) mass is 410 g/mol. The normalized spacial score (nSPS) is 13.6. The van der Waals surface area contributed by atoms with Gasteiger partial charge in [-0.05, 0) is 34.9 Å². The smallest absolute Gasteiger partial charge is 0.339 e. The van der Waals surface area contributed by atoms with E-state index in [9.17, 15) is 4.79 Å². The first-order valence-corrected chi connectivity index (χ1v) is 9.51. The van der Waals surface area contributed by atoms with Gasteiger partial charge < -0.3 is 9.47 Å². The first-order valence-electron chi connectivity index (χ1n) is 8.75. The van der Waals surface area contributed by atoms with Gasteiger partial charge in [0.05, 0.1) is 10.6 Å². The number of halogens is 2. The van der Waals surface area contributed by atoms with Gasteiger partial charge in [0.25, 0.3) is 0 Å². The van der Waals surface area contributed by atoms with Gasteiger partial charge in [-0.3, -0.25) is 0 Å². The molecule has 0 N–H and O–H groups in total. The third-order valence-corrected chi connectivity index (χ3v) is 5.07. The van der Waals surface area contributed by atoms with Crippen molar-refractivity contribution in [3.63, 3.8) is 0 Å². The molecule has 0 atom stereocenters. The maximum absolute atomic E-state index is 12.5. The van der Waals surface area contributed by atoms with Crippen LogP contribution in [0.25, 0.3) is 11.1 Å². The highest BCUT2D eigenvalue weighted by molar-refractivity contribution is 6.35. The fourth-order valence-electron chi connectivity index (χ4n) is 3.18. The van der Waals surface area contributed by atoms with Gasteiger partial charge in [0.2, 0.25) is 0 Å². The van der Waals surface area contributed by atoms with Crippen molar-refractivity contribution in [3.8, 4) is 5.75 Å². The van der Waals surface area contributed by atoms with Crippen molar-refractivity contribution >= 4 is 40.3 Å². The molecule has 140 valence electrons. The van der Waals surface area contributed by atoms with Gasteiger partial charge in [0.1, 0.15) is 19.0 Å². The van der Waals surface area contributed by atoms with Gasteiger partial charge in [0.15, 0.2) is 0 Å². The lowest BCUT2D eigenvalue weighted by Crippen LogP contribution is -2.05. The van der Waals surface area contributed by atoms with E-state index < -0.39 is 0 Å². The fraction of sp³-hybridized carbons (Fsp3) is 0.0870. The van der Waals surface area contributed by atoms with Crippen molar-refractivity contribution in [2.24, 2.45) is 0 Å². The molecule has 3 nitrogen and oxygen atoms in total. The largest absolute Gasteiger partial charge is 0.487 e. The van der Waals surface area contributed by atoms with E-state index in [0.717, 1.165) is 22.3 Å². The summed E-state index contributed by atoms with van der Waals surface area (Å²) in [7, 11) is 0. The van der Waals surface area contributed by atoms with Crippen molar-refractivity contribution in [3.05, 3.63) is 99.5 Å². The van der Waals surface area contributed by atoms with Crippen LogP contribution < -0.4 is 4.74 Å². The number of cyclic esters (lactones) is 1. The molecule has 0 fully saturated rings. The molecule has 0 radical (unpaired) electrons. The van der Waals surface area contributed by atoms with E-state index in [4.69, 9.17) is 32.7 Å². The van der Waals surface area contributed by atoms with Gasteiger partial charge in [-0.25, -0.2) is 4.79 Å². The summed E-state index contributed by atoms with van der Waals surface area (Å²) in [5, 5.41) is 0.985. The van der Waals surface area contributed by atoms with E-state index in [1.54, 1.807) is 18.2 Å². The lowest BCUT2D eigenvalue weighted by molar-refractivity contribution is -0.133. The van der Waals surface area contributed by atoms with Gasteiger partial charge in [-0.2, -0.15) is 0 Å². The summed E-state index contributed by atoms with van der Waals surface area (Å²) in [4.78, 5) is 12.5. The van der Waals surface area contributed by atoms with E-state index in [2.05, 4.69) is 0 Å². The number of rotatable bonds is 5. The van der Waals surface area contributed by atoms with Crippen LogP contribution in [0.5, 0.6) is 5.75 Å². The molecule has 0 aromatic heterocycles. The van der Waals surface area contributed by atoms with Crippen LogP contribution in [0.1, 0.15) is 16.7 Å². The van der Waals surface area contributed by atoms with Crippen molar-refractivity contribution in [2.45, 2.75) is 6.61 Å². The predicted octanol–water partition coefficient (Wildman–Crippen LogP) is 6.04. The Morgan fingerprint density at radius 1 is 0.929 bits per heavy atom. The van der Waals surface area contributed by atoms with Gasteiger partial charge in [-0.1, -0.05) is 77.8 Å². The summed E-state index contributed by atoms with van der Waals surface area (Å²) in [5.41, 5.74) is 4.10. The molecule has 1 aliphatic rings. The number of esters is 1.